The third-order valence-electron chi connectivity index (χ3n) is 7.61. The summed E-state index contributed by atoms with van der Waals surface area (Å²) in [6, 6.07) is 15.4. The number of benzene rings is 2. The Morgan fingerprint density at radius 1 is 1.14 bits per heavy atom. The third-order valence-corrected chi connectivity index (χ3v) is 7.61. The van der Waals surface area contributed by atoms with E-state index in [1.165, 1.54) is 19.8 Å². The van der Waals surface area contributed by atoms with Crippen molar-refractivity contribution in [1.82, 2.24) is 4.90 Å². The predicted octanol–water partition coefficient (Wildman–Crippen LogP) is 3.97. The number of esters is 1. The number of aliphatic hydroxyl groups excluding tert-OH is 1. The number of hydrogen-bond donors (Lipinski definition) is 1. The summed E-state index contributed by atoms with van der Waals surface area (Å²) in [7, 11) is 1.62. The van der Waals surface area contributed by atoms with E-state index < -0.39 is 23.6 Å². The second kappa shape index (κ2) is 10.9. The van der Waals surface area contributed by atoms with Gasteiger partial charge in [-0.2, -0.15) is 0 Å². The maximum atomic E-state index is 13.6. The van der Waals surface area contributed by atoms with Gasteiger partial charge in [0.1, 0.15) is 0 Å². The van der Waals surface area contributed by atoms with E-state index in [1.54, 1.807) is 18.9 Å². The molecule has 1 aliphatic heterocycles. The van der Waals surface area contributed by atoms with Gasteiger partial charge >= 0.3 is 5.97 Å². The minimum Gasteiger partial charge on any atom is -0.493 e. The molecule has 194 valence electrons. The summed E-state index contributed by atoms with van der Waals surface area (Å²) in [5, 5.41) is 10.8. The zero-order chi connectivity index (χ0) is 25.9. The molecule has 1 saturated heterocycles. The number of aliphatic hydroxyl groups is 1. The van der Waals surface area contributed by atoms with Crippen molar-refractivity contribution in [3.8, 4) is 11.5 Å². The Bertz CT molecular complexity index is 1070. The minimum absolute atomic E-state index is 0.134. The van der Waals surface area contributed by atoms with Crippen molar-refractivity contribution in [2.45, 2.75) is 58.2 Å². The summed E-state index contributed by atoms with van der Waals surface area (Å²) < 4.78 is 17.1. The topological polar surface area (TPSA) is 85.3 Å². The summed E-state index contributed by atoms with van der Waals surface area (Å²) in [6.45, 7) is 6.50. The standard InChI is InChI=1S/C29H37NO6/c1-19(31)29(3)18-30(28(33)27(36-20(2)32)14-21-8-6-5-7-9-21)16-24(29)23-12-13-25(34-4)26(15-23)35-17-22-10-11-22/h5-9,12-13,15,19,22,24,27,31H,10-11,14,16-18H2,1-4H3/t19-,24+,27+,29+/m1/s1. The van der Waals surface area contributed by atoms with Crippen molar-refractivity contribution in [3.05, 3.63) is 59.7 Å². The van der Waals surface area contributed by atoms with Crippen molar-refractivity contribution in [1.29, 1.82) is 0 Å². The number of ether oxygens (including phenoxy) is 3. The van der Waals surface area contributed by atoms with Gasteiger partial charge in [0.15, 0.2) is 17.6 Å². The van der Waals surface area contributed by atoms with Gasteiger partial charge in [-0.05, 0) is 48.9 Å². The molecule has 1 saturated carbocycles. The summed E-state index contributed by atoms with van der Waals surface area (Å²) in [5.74, 6) is 1.07. The van der Waals surface area contributed by atoms with E-state index >= 15 is 0 Å². The first-order valence-electron chi connectivity index (χ1n) is 12.7. The molecule has 0 radical (unpaired) electrons. The van der Waals surface area contributed by atoms with Gasteiger partial charge in [-0.1, -0.05) is 43.3 Å². The van der Waals surface area contributed by atoms with Crippen molar-refractivity contribution >= 4 is 11.9 Å². The molecule has 2 aromatic carbocycles. The fourth-order valence-electron chi connectivity index (χ4n) is 5.02. The Balaban J connectivity index is 1.59. The average molecular weight is 496 g/mol. The lowest BCUT2D eigenvalue weighted by atomic mass is 9.72. The fourth-order valence-corrected chi connectivity index (χ4v) is 5.02. The minimum atomic E-state index is -0.921. The SMILES string of the molecule is COc1ccc([C@@H]2CN(C(=O)[C@H](Cc3ccccc3)OC(C)=O)C[C@@]2(C)[C@@H](C)O)cc1OCC1CC1. The Kier molecular flexibility index (Phi) is 7.88. The first-order chi connectivity index (χ1) is 17.2. The lowest BCUT2D eigenvalue weighted by Crippen LogP contribution is -2.43. The zero-order valence-electron chi connectivity index (χ0n) is 21.6. The summed E-state index contributed by atoms with van der Waals surface area (Å²) in [5.41, 5.74) is 1.30. The number of carbonyl (C=O) groups excluding carboxylic acids is 2. The van der Waals surface area contributed by atoms with E-state index in [4.69, 9.17) is 14.2 Å². The number of amides is 1. The number of nitrogens with zero attached hydrogens (tertiary/aromatic N) is 1. The van der Waals surface area contributed by atoms with E-state index in [0.29, 0.717) is 43.5 Å². The monoisotopic (exact) mass is 495 g/mol. The molecule has 1 amide bonds. The van der Waals surface area contributed by atoms with Crippen LogP contribution in [0.2, 0.25) is 0 Å². The van der Waals surface area contributed by atoms with Crippen molar-refractivity contribution in [3.63, 3.8) is 0 Å². The molecule has 0 bridgehead atoms. The molecule has 0 unspecified atom stereocenters. The summed E-state index contributed by atoms with van der Waals surface area (Å²) in [4.78, 5) is 27.2. The molecule has 2 fully saturated rings. The van der Waals surface area contributed by atoms with Crippen molar-refractivity contribution in [2.75, 3.05) is 26.8 Å². The summed E-state index contributed by atoms with van der Waals surface area (Å²) in [6.07, 6.45) is 1.09. The van der Waals surface area contributed by atoms with Gasteiger partial charge in [0, 0.05) is 37.8 Å². The first-order valence-corrected chi connectivity index (χ1v) is 12.7. The zero-order valence-corrected chi connectivity index (χ0v) is 21.6. The Labute approximate surface area is 213 Å². The van der Waals surface area contributed by atoms with Gasteiger partial charge in [-0.15, -0.1) is 0 Å². The lowest BCUT2D eigenvalue weighted by molar-refractivity contribution is -0.158. The Morgan fingerprint density at radius 2 is 1.86 bits per heavy atom. The van der Waals surface area contributed by atoms with E-state index in [1.807, 2.05) is 55.5 Å². The highest BCUT2D eigenvalue weighted by Crippen LogP contribution is 2.47. The normalized spacial score (nSPS) is 23.1. The van der Waals surface area contributed by atoms with Gasteiger partial charge < -0.3 is 24.2 Å². The van der Waals surface area contributed by atoms with E-state index in [-0.39, 0.29) is 11.8 Å². The largest absolute Gasteiger partial charge is 0.493 e. The molecule has 1 heterocycles. The molecule has 1 N–H and O–H groups in total. The summed E-state index contributed by atoms with van der Waals surface area (Å²) >= 11 is 0. The molecule has 0 aromatic heterocycles. The van der Waals surface area contributed by atoms with Gasteiger partial charge in [0.05, 0.1) is 19.8 Å². The van der Waals surface area contributed by atoms with Crippen LogP contribution in [0.3, 0.4) is 0 Å². The van der Waals surface area contributed by atoms with Crippen LogP contribution < -0.4 is 9.47 Å². The van der Waals surface area contributed by atoms with Crippen LogP contribution >= 0.6 is 0 Å². The van der Waals surface area contributed by atoms with Crippen LogP contribution in [0.15, 0.2) is 48.5 Å². The predicted molar refractivity (Wildman–Crippen MR) is 136 cm³/mol. The van der Waals surface area contributed by atoms with E-state index in [2.05, 4.69) is 0 Å². The fraction of sp³-hybridized carbons (Fsp3) is 0.517. The van der Waals surface area contributed by atoms with Crippen LogP contribution in [0.25, 0.3) is 0 Å². The highest BCUT2D eigenvalue weighted by atomic mass is 16.5. The van der Waals surface area contributed by atoms with Crippen LogP contribution in [0.1, 0.15) is 50.7 Å². The number of likely N-dealkylation sites (tertiary alicyclic amines) is 1. The number of rotatable bonds is 10. The molecule has 2 aliphatic rings. The Morgan fingerprint density at radius 3 is 2.47 bits per heavy atom. The molecule has 7 heteroatoms. The van der Waals surface area contributed by atoms with Crippen LogP contribution in [0.5, 0.6) is 11.5 Å². The van der Waals surface area contributed by atoms with E-state index in [0.717, 1.165) is 11.1 Å². The molecule has 2 aromatic rings. The Hall–Kier alpha value is -3.06. The maximum absolute atomic E-state index is 13.6. The third kappa shape index (κ3) is 5.84. The van der Waals surface area contributed by atoms with Gasteiger partial charge in [0.2, 0.25) is 0 Å². The van der Waals surface area contributed by atoms with Gasteiger partial charge in [-0.3, -0.25) is 9.59 Å². The average Bonchev–Trinajstić information content (AvgIpc) is 3.62. The van der Waals surface area contributed by atoms with Crippen LogP contribution in [0.4, 0.5) is 0 Å². The van der Waals surface area contributed by atoms with Crippen molar-refractivity contribution < 1.29 is 28.9 Å². The number of hydrogen-bond acceptors (Lipinski definition) is 6. The highest BCUT2D eigenvalue weighted by Gasteiger charge is 2.49. The highest BCUT2D eigenvalue weighted by molar-refractivity contribution is 5.84. The second-order valence-electron chi connectivity index (χ2n) is 10.4. The smallest absolute Gasteiger partial charge is 0.303 e. The van der Waals surface area contributed by atoms with E-state index in [9.17, 15) is 14.7 Å². The maximum Gasteiger partial charge on any atom is 0.303 e. The molecule has 0 spiro atoms. The first kappa shape index (κ1) is 26.0. The molecular weight excluding hydrogens is 458 g/mol. The van der Waals surface area contributed by atoms with Crippen LogP contribution in [-0.2, 0) is 20.7 Å². The molecule has 4 rings (SSSR count). The molecule has 4 atom stereocenters. The number of carbonyl (C=O) groups is 2. The van der Waals surface area contributed by atoms with Crippen molar-refractivity contribution in [2.24, 2.45) is 11.3 Å². The molecule has 7 nitrogen and oxygen atoms in total. The quantitative estimate of drug-likeness (QED) is 0.502. The van der Waals surface area contributed by atoms with Crippen LogP contribution in [-0.4, -0.2) is 60.9 Å². The lowest BCUT2D eigenvalue weighted by Gasteiger charge is -2.34. The van der Waals surface area contributed by atoms with Gasteiger partial charge in [0.25, 0.3) is 5.91 Å². The van der Waals surface area contributed by atoms with Gasteiger partial charge in [-0.25, -0.2) is 0 Å². The second-order valence-corrected chi connectivity index (χ2v) is 10.4. The number of methoxy groups -OCH3 is 1. The molecule has 1 aliphatic carbocycles. The molecular formula is C29H37NO6. The molecule has 36 heavy (non-hydrogen) atoms. The van der Waals surface area contributed by atoms with Crippen LogP contribution in [0, 0.1) is 11.3 Å².